The minimum Gasteiger partial charge on any atom is -0.396 e. The monoisotopic (exact) mass is 243 g/mol. The molecule has 3 heteroatoms. The standard InChI is InChI=1S/C14H29NO2/c1-13(2)17-12-8-14-7-3-4-9-15(14)10-5-6-11-16/h13-14,16H,3-12H2,1-2H3. The molecular formula is C14H29NO2. The van der Waals surface area contributed by atoms with Crippen LogP contribution in [0, 0.1) is 0 Å². The van der Waals surface area contributed by atoms with Crippen molar-refractivity contribution in [3.05, 3.63) is 0 Å². The van der Waals surface area contributed by atoms with Gasteiger partial charge in [-0.15, -0.1) is 0 Å². The molecule has 1 aliphatic heterocycles. The van der Waals surface area contributed by atoms with E-state index in [0.29, 0.717) is 18.8 Å². The van der Waals surface area contributed by atoms with Crippen molar-refractivity contribution in [3.63, 3.8) is 0 Å². The summed E-state index contributed by atoms with van der Waals surface area (Å²) < 4.78 is 5.65. The number of aliphatic hydroxyl groups is 1. The SMILES string of the molecule is CC(C)OCCC1CCCCN1CCCCO. The number of hydrogen-bond acceptors (Lipinski definition) is 3. The summed E-state index contributed by atoms with van der Waals surface area (Å²) in [5, 5.41) is 8.83. The highest BCUT2D eigenvalue weighted by atomic mass is 16.5. The molecule has 1 saturated heterocycles. The molecule has 0 aromatic carbocycles. The zero-order chi connectivity index (χ0) is 12.5. The van der Waals surface area contributed by atoms with Crippen molar-refractivity contribution in [1.82, 2.24) is 4.90 Å². The van der Waals surface area contributed by atoms with Crippen LogP contribution in [-0.4, -0.2) is 48.5 Å². The van der Waals surface area contributed by atoms with Gasteiger partial charge in [-0.2, -0.15) is 0 Å². The summed E-state index contributed by atoms with van der Waals surface area (Å²) in [5.41, 5.74) is 0. The number of piperidine rings is 1. The lowest BCUT2D eigenvalue weighted by atomic mass is 9.99. The van der Waals surface area contributed by atoms with Gasteiger partial charge in [0.15, 0.2) is 0 Å². The average Bonchev–Trinajstić information content (AvgIpc) is 2.31. The first kappa shape index (κ1) is 14.9. The van der Waals surface area contributed by atoms with E-state index in [1.165, 1.54) is 25.8 Å². The summed E-state index contributed by atoms with van der Waals surface area (Å²) in [6, 6.07) is 0.709. The predicted octanol–water partition coefficient (Wildman–Crippen LogP) is 2.43. The van der Waals surface area contributed by atoms with Gasteiger partial charge in [0.25, 0.3) is 0 Å². The Morgan fingerprint density at radius 1 is 1.29 bits per heavy atom. The quantitative estimate of drug-likeness (QED) is 0.665. The van der Waals surface area contributed by atoms with Crippen molar-refractivity contribution in [2.75, 3.05) is 26.3 Å². The van der Waals surface area contributed by atoms with Gasteiger partial charge in [-0.1, -0.05) is 6.42 Å². The zero-order valence-electron chi connectivity index (χ0n) is 11.5. The van der Waals surface area contributed by atoms with E-state index in [1.54, 1.807) is 0 Å². The first-order chi connectivity index (χ1) is 8.24. The lowest BCUT2D eigenvalue weighted by molar-refractivity contribution is 0.0471. The van der Waals surface area contributed by atoms with E-state index in [2.05, 4.69) is 18.7 Å². The fourth-order valence-corrected chi connectivity index (χ4v) is 2.55. The maximum absolute atomic E-state index is 8.83. The van der Waals surface area contributed by atoms with Crippen LogP contribution in [0.15, 0.2) is 0 Å². The van der Waals surface area contributed by atoms with Crippen LogP contribution < -0.4 is 0 Å². The van der Waals surface area contributed by atoms with E-state index in [4.69, 9.17) is 9.84 Å². The highest BCUT2D eigenvalue weighted by Crippen LogP contribution is 2.20. The average molecular weight is 243 g/mol. The summed E-state index contributed by atoms with van der Waals surface area (Å²) in [5.74, 6) is 0. The van der Waals surface area contributed by atoms with Crippen LogP contribution in [0.4, 0.5) is 0 Å². The molecule has 1 heterocycles. The summed E-state index contributed by atoms with van der Waals surface area (Å²) in [4.78, 5) is 2.60. The van der Waals surface area contributed by atoms with Crippen molar-refractivity contribution < 1.29 is 9.84 Å². The van der Waals surface area contributed by atoms with Crippen molar-refractivity contribution in [3.8, 4) is 0 Å². The molecule has 0 aromatic rings. The Balaban J connectivity index is 2.22. The molecule has 1 rings (SSSR count). The van der Waals surface area contributed by atoms with E-state index in [-0.39, 0.29) is 0 Å². The first-order valence-corrected chi connectivity index (χ1v) is 7.20. The second-order valence-electron chi connectivity index (χ2n) is 5.32. The molecule has 0 aliphatic carbocycles. The number of unbranched alkanes of at least 4 members (excludes halogenated alkanes) is 1. The van der Waals surface area contributed by atoms with E-state index in [9.17, 15) is 0 Å². The summed E-state index contributed by atoms with van der Waals surface area (Å²) in [6.45, 7) is 7.79. The van der Waals surface area contributed by atoms with Crippen LogP contribution in [0.2, 0.25) is 0 Å². The van der Waals surface area contributed by atoms with Gasteiger partial charge in [-0.25, -0.2) is 0 Å². The molecular weight excluding hydrogens is 214 g/mol. The number of hydrogen-bond donors (Lipinski definition) is 1. The Labute approximate surface area is 106 Å². The van der Waals surface area contributed by atoms with Crippen molar-refractivity contribution in [2.45, 2.75) is 64.5 Å². The highest BCUT2D eigenvalue weighted by Gasteiger charge is 2.21. The molecule has 1 unspecified atom stereocenters. The van der Waals surface area contributed by atoms with Gasteiger partial charge < -0.3 is 14.7 Å². The van der Waals surface area contributed by atoms with Crippen LogP contribution in [0.3, 0.4) is 0 Å². The van der Waals surface area contributed by atoms with E-state index in [0.717, 1.165) is 32.4 Å². The Hall–Kier alpha value is -0.120. The minimum absolute atomic E-state index is 0.328. The molecule has 102 valence electrons. The topological polar surface area (TPSA) is 32.7 Å². The molecule has 1 fully saturated rings. The number of rotatable bonds is 8. The Morgan fingerprint density at radius 3 is 2.82 bits per heavy atom. The van der Waals surface area contributed by atoms with Gasteiger partial charge in [-0.05, 0) is 59.0 Å². The normalized spacial score (nSPS) is 22.2. The Kier molecular flexibility index (Phi) is 7.82. The molecule has 17 heavy (non-hydrogen) atoms. The number of nitrogens with zero attached hydrogens (tertiary/aromatic N) is 1. The first-order valence-electron chi connectivity index (χ1n) is 7.20. The molecule has 0 aromatic heterocycles. The fourth-order valence-electron chi connectivity index (χ4n) is 2.55. The number of likely N-dealkylation sites (tertiary alicyclic amines) is 1. The van der Waals surface area contributed by atoms with Gasteiger partial charge in [-0.3, -0.25) is 0 Å². The van der Waals surface area contributed by atoms with Crippen LogP contribution >= 0.6 is 0 Å². The maximum Gasteiger partial charge on any atom is 0.0518 e. The summed E-state index contributed by atoms with van der Waals surface area (Å²) >= 11 is 0. The lowest BCUT2D eigenvalue weighted by Gasteiger charge is -2.36. The molecule has 1 aliphatic rings. The predicted molar refractivity (Wildman–Crippen MR) is 71.2 cm³/mol. The van der Waals surface area contributed by atoms with Gasteiger partial charge in [0, 0.05) is 19.3 Å². The second kappa shape index (κ2) is 8.90. The molecule has 1 atom stereocenters. The van der Waals surface area contributed by atoms with Gasteiger partial charge in [0.1, 0.15) is 0 Å². The third-order valence-corrected chi connectivity index (χ3v) is 3.50. The Morgan fingerprint density at radius 2 is 2.12 bits per heavy atom. The molecule has 1 N–H and O–H groups in total. The summed E-state index contributed by atoms with van der Waals surface area (Å²) in [7, 11) is 0. The molecule has 0 saturated carbocycles. The van der Waals surface area contributed by atoms with E-state index < -0.39 is 0 Å². The smallest absolute Gasteiger partial charge is 0.0518 e. The van der Waals surface area contributed by atoms with E-state index in [1.807, 2.05) is 0 Å². The third-order valence-electron chi connectivity index (χ3n) is 3.50. The molecule has 0 radical (unpaired) electrons. The van der Waals surface area contributed by atoms with Crippen LogP contribution in [-0.2, 0) is 4.74 Å². The molecule has 0 bridgehead atoms. The maximum atomic E-state index is 8.83. The van der Waals surface area contributed by atoms with Crippen LogP contribution in [0.5, 0.6) is 0 Å². The van der Waals surface area contributed by atoms with Gasteiger partial charge in [0.2, 0.25) is 0 Å². The minimum atomic E-state index is 0.328. The fraction of sp³-hybridized carbons (Fsp3) is 1.00. The molecule has 3 nitrogen and oxygen atoms in total. The van der Waals surface area contributed by atoms with Gasteiger partial charge >= 0.3 is 0 Å². The number of ether oxygens (including phenoxy) is 1. The van der Waals surface area contributed by atoms with Crippen LogP contribution in [0.1, 0.15) is 52.4 Å². The lowest BCUT2D eigenvalue weighted by Crippen LogP contribution is -2.40. The van der Waals surface area contributed by atoms with E-state index >= 15 is 0 Å². The van der Waals surface area contributed by atoms with Crippen molar-refractivity contribution in [2.24, 2.45) is 0 Å². The Bertz CT molecular complexity index is 185. The van der Waals surface area contributed by atoms with Gasteiger partial charge in [0.05, 0.1) is 6.10 Å². The van der Waals surface area contributed by atoms with Crippen LogP contribution in [0.25, 0.3) is 0 Å². The largest absolute Gasteiger partial charge is 0.396 e. The zero-order valence-corrected chi connectivity index (χ0v) is 11.5. The molecule has 0 spiro atoms. The second-order valence-corrected chi connectivity index (χ2v) is 5.32. The third kappa shape index (κ3) is 6.39. The van der Waals surface area contributed by atoms with Crippen molar-refractivity contribution >= 4 is 0 Å². The van der Waals surface area contributed by atoms with Crippen molar-refractivity contribution in [1.29, 1.82) is 0 Å². The highest BCUT2D eigenvalue weighted by molar-refractivity contribution is 4.76. The summed E-state index contributed by atoms with van der Waals surface area (Å²) in [6.07, 6.45) is 7.59. The number of aliphatic hydroxyl groups excluding tert-OH is 1. The molecule has 0 amide bonds.